The molecule has 1 fully saturated rings. The Morgan fingerprint density at radius 1 is 1.41 bits per heavy atom. The van der Waals surface area contributed by atoms with E-state index in [0.717, 1.165) is 19.4 Å². The van der Waals surface area contributed by atoms with Gasteiger partial charge in [-0.05, 0) is 31.9 Å². The van der Waals surface area contributed by atoms with Crippen LogP contribution in [0, 0.1) is 0 Å². The van der Waals surface area contributed by atoms with Crippen LogP contribution >= 0.6 is 0 Å². The molecule has 1 aromatic carbocycles. The maximum Gasteiger partial charge on any atom is 0.326 e. The second kappa shape index (κ2) is 5.32. The summed E-state index contributed by atoms with van der Waals surface area (Å²) in [7, 11) is 0. The fraction of sp³-hybridized carbons (Fsp3) is 0.500. The summed E-state index contributed by atoms with van der Waals surface area (Å²) in [6.45, 7) is 3.19. The highest BCUT2D eigenvalue weighted by Gasteiger charge is 2.42. The molecule has 92 valence electrons. The number of nitrogens with one attached hydrogen (secondary N) is 1. The molecule has 1 aliphatic rings. The maximum atomic E-state index is 12.1. The monoisotopic (exact) mass is 233 g/mol. The van der Waals surface area contributed by atoms with Crippen LogP contribution in [0.2, 0.25) is 0 Å². The minimum atomic E-state index is -0.503. The number of carbonyl (C=O) groups excluding carboxylic acids is 1. The molecule has 1 aromatic rings. The van der Waals surface area contributed by atoms with Crippen LogP contribution in [0.4, 0.5) is 0 Å². The lowest BCUT2D eigenvalue weighted by atomic mass is 9.89. The van der Waals surface area contributed by atoms with E-state index in [4.69, 9.17) is 4.74 Å². The number of benzene rings is 1. The minimum Gasteiger partial charge on any atom is -0.465 e. The number of hydrogen-bond acceptors (Lipinski definition) is 3. The predicted molar refractivity (Wildman–Crippen MR) is 66.7 cm³/mol. The molecule has 0 bridgehead atoms. The minimum absolute atomic E-state index is 0.110. The van der Waals surface area contributed by atoms with E-state index in [9.17, 15) is 4.79 Å². The molecule has 0 aliphatic carbocycles. The summed E-state index contributed by atoms with van der Waals surface area (Å²) in [5.74, 6) is -0.110. The molecule has 1 N–H and O–H groups in total. The molecule has 0 aromatic heterocycles. The molecule has 0 unspecified atom stereocenters. The molecule has 17 heavy (non-hydrogen) atoms. The summed E-state index contributed by atoms with van der Waals surface area (Å²) in [5, 5.41) is 3.33. The Morgan fingerprint density at radius 3 is 2.76 bits per heavy atom. The second-order valence-electron chi connectivity index (χ2n) is 4.50. The molecule has 1 saturated heterocycles. The Labute approximate surface area is 102 Å². The third-order valence-electron chi connectivity index (χ3n) is 3.26. The molecule has 0 amide bonds. The van der Waals surface area contributed by atoms with Gasteiger partial charge in [-0.3, -0.25) is 4.79 Å². The molecule has 0 radical (unpaired) electrons. The zero-order chi connectivity index (χ0) is 12.1. The van der Waals surface area contributed by atoms with E-state index in [1.807, 2.05) is 25.1 Å². The van der Waals surface area contributed by atoms with Gasteiger partial charge in [-0.2, -0.15) is 0 Å². The van der Waals surface area contributed by atoms with E-state index in [2.05, 4.69) is 17.4 Å². The van der Waals surface area contributed by atoms with Gasteiger partial charge < -0.3 is 10.1 Å². The van der Waals surface area contributed by atoms with Crippen LogP contribution in [0.1, 0.15) is 25.3 Å². The van der Waals surface area contributed by atoms with Gasteiger partial charge in [0.15, 0.2) is 0 Å². The number of rotatable bonds is 4. The number of ether oxygens (including phenoxy) is 1. The summed E-state index contributed by atoms with van der Waals surface area (Å²) in [4.78, 5) is 12.1. The van der Waals surface area contributed by atoms with Gasteiger partial charge >= 0.3 is 5.97 Å². The van der Waals surface area contributed by atoms with Crippen molar-refractivity contribution in [3.63, 3.8) is 0 Å². The highest BCUT2D eigenvalue weighted by molar-refractivity contribution is 5.81. The van der Waals surface area contributed by atoms with Gasteiger partial charge in [-0.15, -0.1) is 0 Å². The number of carbonyl (C=O) groups is 1. The second-order valence-corrected chi connectivity index (χ2v) is 4.50. The number of esters is 1. The summed E-state index contributed by atoms with van der Waals surface area (Å²) in [6.07, 6.45) is 2.61. The van der Waals surface area contributed by atoms with Crippen molar-refractivity contribution in [2.24, 2.45) is 0 Å². The van der Waals surface area contributed by atoms with Crippen molar-refractivity contribution in [1.82, 2.24) is 5.32 Å². The van der Waals surface area contributed by atoms with Crippen molar-refractivity contribution in [3.05, 3.63) is 35.9 Å². The summed E-state index contributed by atoms with van der Waals surface area (Å²) in [5.41, 5.74) is 0.673. The molecule has 1 aliphatic heterocycles. The normalized spacial score (nSPS) is 23.6. The Balaban J connectivity index is 2.15. The van der Waals surface area contributed by atoms with Crippen molar-refractivity contribution in [2.75, 3.05) is 13.2 Å². The standard InChI is InChI=1S/C14H19NO2/c1-2-17-13(16)14(9-6-10-15-14)11-12-7-4-3-5-8-12/h3-5,7-8,15H,2,6,9-11H2,1H3/t14-/m0/s1. The average molecular weight is 233 g/mol. The molecular weight excluding hydrogens is 214 g/mol. The van der Waals surface area contributed by atoms with Crippen molar-refractivity contribution < 1.29 is 9.53 Å². The molecule has 3 heteroatoms. The highest BCUT2D eigenvalue weighted by Crippen LogP contribution is 2.25. The molecule has 1 heterocycles. The van der Waals surface area contributed by atoms with Crippen LogP contribution < -0.4 is 5.32 Å². The molecule has 1 atom stereocenters. The lowest BCUT2D eigenvalue weighted by molar-refractivity contribution is -0.150. The third-order valence-corrected chi connectivity index (χ3v) is 3.26. The molecule has 0 spiro atoms. The van der Waals surface area contributed by atoms with Crippen molar-refractivity contribution in [1.29, 1.82) is 0 Å². The quantitative estimate of drug-likeness (QED) is 0.807. The van der Waals surface area contributed by atoms with Crippen LogP contribution in [0.5, 0.6) is 0 Å². The van der Waals surface area contributed by atoms with Gasteiger partial charge in [0.05, 0.1) is 6.61 Å². The van der Waals surface area contributed by atoms with Gasteiger partial charge in [0.2, 0.25) is 0 Å². The Morgan fingerprint density at radius 2 is 2.18 bits per heavy atom. The molecule has 3 nitrogen and oxygen atoms in total. The SMILES string of the molecule is CCOC(=O)[C@@]1(Cc2ccccc2)CCCN1. The molecule has 0 saturated carbocycles. The zero-order valence-electron chi connectivity index (χ0n) is 10.2. The van der Waals surface area contributed by atoms with Gasteiger partial charge in [0, 0.05) is 6.42 Å². The largest absolute Gasteiger partial charge is 0.465 e. The van der Waals surface area contributed by atoms with Crippen LogP contribution in [0.3, 0.4) is 0 Å². The lowest BCUT2D eigenvalue weighted by Crippen LogP contribution is -2.50. The Hall–Kier alpha value is -1.35. The Bertz CT molecular complexity index is 369. The fourth-order valence-electron chi connectivity index (χ4n) is 2.42. The van der Waals surface area contributed by atoms with Crippen LogP contribution in [-0.2, 0) is 16.0 Å². The first-order chi connectivity index (χ1) is 8.27. The van der Waals surface area contributed by atoms with Gasteiger partial charge in [-0.25, -0.2) is 0 Å². The third kappa shape index (κ3) is 2.67. The van der Waals surface area contributed by atoms with Crippen LogP contribution in [-0.4, -0.2) is 24.7 Å². The molecular formula is C14H19NO2. The predicted octanol–water partition coefficient (Wildman–Crippen LogP) is 1.91. The van der Waals surface area contributed by atoms with Crippen LogP contribution in [0.25, 0.3) is 0 Å². The number of hydrogen-bond donors (Lipinski definition) is 1. The first-order valence-electron chi connectivity index (χ1n) is 6.23. The van der Waals surface area contributed by atoms with E-state index in [1.54, 1.807) is 0 Å². The van der Waals surface area contributed by atoms with Crippen molar-refractivity contribution in [3.8, 4) is 0 Å². The summed E-state index contributed by atoms with van der Waals surface area (Å²) < 4.78 is 5.20. The van der Waals surface area contributed by atoms with E-state index >= 15 is 0 Å². The van der Waals surface area contributed by atoms with Crippen molar-refractivity contribution >= 4 is 5.97 Å². The van der Waals surface area contributed by atoms with Gasteiger partial charge in [0.1, 0.15) is 5.54 Å². The van der Waals surface area contributed by atoms with Gasteiger partial charge in [-0.1, -0.05) is 30.3 Å². The van der Waals surface area contributed by atoms with E-state index in [-0.39, 0.29) is 5.97 Å². The maximum absolute atomic E-state index is 12.1. The van der Waals surface area contributed by atoms with Crippen molar-refractivity contribution in [2.45, 2.75) is 31.7 Å². The van der Waals surface area contributed by atoms with Gasteiger partial charge in [0.25, 0.3) is 0 Å². The average Bonchev–Trinajstić information content (AvgIpc) is 2.80. The van der Waals surface area contributed by atoms with Crippen LogP contribution in [0.15, 0.2) is 30.3 Å². The van der Waals surface area contributed by atoms with E-state index in [0.29, 0.717) is 13.0 Å². The zero-order valence-corrected chi connectivity index (χ0v) is 10.2. The summed E-state index contributed by atoms with van der Waals surface area (Å²) >= 11 is 0. The fourth-order valence-corrected chi connectivity index (χ4v) is 2.42. The Kier molecular flexibility index (Phi) is 3.79. The smallest absolute Gasteiger partial charge is 0.326 e. The molecule has 2 rings (SSSR count). The summed E-state index contributed by atoms with van der Waals surface area (Å²) in [6, 6.07) is 10.1. The highest BCUT2D eigenvalue weighted by atomic mass is 16.5. The van der Waals surface area contributed by atoms with E-state index < -0.39 is 5.54 Å². The first-order valence-corrected chi connectivity index (χ1v) is 6.23. The van der Waals surface area contributed by atoms with E-state index in [1.165, 1.54) is 5.56 Å². The lowest BCUT2D eigenvalue weighted by Gasteiger charge is -2.27. The topological polar surface area (TPSA) is 38.3 Å². The first kappa shape index (κ1) is 12.1.